The molecule has 0 bridgehead atoms. The van der Waals surface area contributed by atoms with Gasteiger partial charge in [0.15, 0.2) is 0 Å². The van der Waals surface area contributed by atoms with Crippen molar-refractivity contribution >= 4 is 5.91 Å². The molecular weight excluding hydrogens is 330 g/mol. The number of rotatable bonds is 12. The van der Waals surface area contributed by atoms with Gasteiger partial charge in [0.05, 0.1) is 12.2 Å². The molecule has 0 radical (unpaired) electrons. The van der Waals surface area contributed by atoms with E-state index in [1.165, 1.54) is 0 Å². The molecule has 1 aromatic rings. The standard InChI is InChI=1S/C20H35N3O3/c1-4-8-17(24)19(20(26)23-12-14(2)3)22-13-18(25)16(21)11-15-9-6-5-7-10-15/h5-7,9-10,14,16-19,22,24-25H,4,8,11-13,21H2,1-3H3,(H,23,26). The Labute approximate surface area is 157 Å². The number of amides is 1. The molecule has 0 aromatic heterocycles. The predicted octanol–water partition coefficient (Wildman–Crippen LogP) is 0.809. The van der Waals surface area contributed by atoms with Gasteiger partial charge in [-0.3, -0.25) is 4.79 Å². The average molecular weight is 366 g/mol. The van der Waals surface area contributed by atoms with Gasteiger partial charge in [-0.1, -0.05) is 57.5 Å². The van der Waals surface area contributed by atoms with Gasteiger partial charge >= 0.3 is 0 Å². The van der Waals surface area contributed by atoms with Crippen LogP contribution in [-0.2, 0) is 11.2 Å². The van der Waals surface area contributed by atoms with E-state index < -0.39 is 24.3 Å². The summed E-state index contributed by atoms with van der Waals surface area (Å²) >= 11 is 0. The first kappa shape index (κ1) is 22.6. The summed E-state index contributed by atoms with van der Waals surface area (Å²) in [6.07, 6.45) is 0.214. The van der Waals surface area contributed by atoms with Crippen molar-refractivity contribution in [2.24, 2.45) is 11.7 Å². The highest BCUT2D eigenvalue weighted by molar-refractivity contribution is 5.82. The van der Waals surface area contributed by atoms with Crippen molar-refractivity contribution in [3.63, 3.8) is 0 Å². The van der Waals surface area contributed by atoms with E-state index in [4.69, 9.17) is 5.73 Å². The highest BCUT2D eigenvalue weighted by Crippen LogP contribution is 2.07. The maximum absolute atomic E-state index is 12.4. The van der Waals surface area contributed by atoms with E-state index in [-0.39, 0.29) is 12.5 Å². The van der Waals surface area contributed by atoms with Crippen LogP contribution in [0.3, 0.4) is 0 Å². The summed E-state index contributed by atoms with van der Waals surface area (Å²) in [5.74, 6) is 0.0799. The summed E-state index contributed by atoms with van der Waals surface area (Å²) in [7, 11) is 0. The van der Waals surface area contributed by atoms with Gasteiger partial charge in [0, 0.05) is 19.1 Å². The fourth-order valence-corrected chi connectivity index (χ4v) is 2.70. The Hall–Kier alpha value is -1.47. The molecule has 0 saturated carbocycles. The minimum Gasteiger partial charge on any atom is -0.391 e. The Morgan fingerprint density at radius 1 is 1.12 bits per heavy atom. The summed E-state index contributed by atoms with van der Waals surface area (Å²) in [6, 6.07) is 8.52. The van der Waals surface area contributed by atoms with Crippen LogP contribution in [0.2, 0.25) is 0 Å². The van der Waals surface area contributed by atoms with E-state index in [0.717, 1.165) is 12.0 Å². The number of carbonyl (C=O) groups is 1. The van der Waals surface area contributed by atoms with E-state index in [1.54, 1.807) is 0 Å². The van der Waals surface area contributed by atoms with Crippen molar-refractivity contribution in [3.05, 3.63) is 35.9 Å². The van der Waals surface area contributed by atoms with Crippen molar-refractivity contribution in [1.82, 2.24) is 10.6 Å². The van der Waals surface area contributed by atoms with Crippen LogP contribution in [0.5, 0.6) is 0 Å². The van der Waals surface area contributed by atoms with Crippen LogP contribution in [0.1, 0.15) is 39.2 Å². The molecule has 148 valence electrons. The summed E-state index contributed by atoms with van der Waals surface area (Å²) in [5.41, 5.74) is 7.14. The van der Waals surface area contributed by atoms with Gasteiger partial charge < -0.3 is 26.6 Å². The number of nitrogens with one attached hydrogen (secondary N) is 2. The third-order valence-electron chi connectivity index (χ3n) is 4.29. The zero-order valence-electron chi connectivity index (χ0n) is 16.2. The third kappa shape index (κ3) is 8.27. The van der Waals surface area contributed by atoms with Gasteiger partial charge in [-0.2, -0.15) is 0 Å². The van der Waals surface area contributed by atoms with E-state index >= 15 is 0 Å². The summed E-state index contributed by atoms with van der Waals surface area (Å²) in [5, 5.41) is 26.5. The lowest BCUT2D eigenvalue weighted by atomic mass is 10.0. The van der Waals surface area contributed by atoms with Crippen LogP contribution in [0, 0.1) is 5.92 Å². The second-order valence-corrected chi connectivity index (χ2v) is 7.30. The molecule has 1 aromatic carbocycles. The van der Waals surface area contributed by atoms with E-state index in [1.807, 2.05) is 51.1 Å². The molecule has 1 amide bonds. The number of aliphatic hydroxyl groups excluding tert-OH is 2. The molecule has 4 atom stereocenters. The molecular formula is C20H35N3O3. The van der Waals surface area contributed by atoms with Crippen molar-refractivity contribution in [1.29, 1.82) is 0 Å². The van der Waals surface area contributed by atoms with Crippen molar-refractivity contribution < 1.29 is 15.0 Å². The summed E-state index contributed by atoms with van der Waals surface area (Å²) in [6.45, 7) is 6.67. The number of hydrogen-bond acceptors (Lipinski definition) is 5. The highest BCUT2D eigenvalue weighted by Gasteiger charge is 2.27. The van der Waals surface area contributed by atoms with Crippen LogP contribution in [0.25, 0.3) is 0 Å². The Kier molecular flexibility index (Phi) is 10.4. The van der Waals surface area contributed by atoms with Gasteiger partial charge in [-0.25, -0.2) is 0 Å². The van der Waals surface area contributed by atoms with Crippen molar-refractivity contribution in [2.45, 2.75) is 64.3 Å². The predicted molar refractivity (Wildman–Crippen MR) is 105 cm³/mol. The number of nitrogens with two attached hydrogens (primary N) is 1. The molecule has 1 rings (SSSR count). The molecule has 4 unspecified atom stereocenters. The maximum atomic E-state index is 12.4. The molecule has 6 heteroatoms. The zero-order chi connectivity index (χ0) is 19.5. The number of aliphatic hydroxyl groups is 2. The number of carbonyl (C=O) groups excluding carboxylic acids is 1. The first-order valence-electron chi connectivity index (χ1n) is 9.51. The molecule has 6 nitrogen and oxygen atoms in total. The van der Waals surface area contributed by atoms with E-state index in [2.05, 4.69) is 10.6 Å². The van der Waals surface area contributed by atoms with E-state index in [9.17, 15) is 15.0 Å². The Morgan fingerprint density at radius 2 is 1.77 bits per heavy atom. The molecule has 0 aliphatic heterocycles. The average Bonchev–Trinajstić information content (AvgIpc) is 2.61. The van der Waals surface area contributed by atoms with Crippen LogP contribution >= 0.6 is 0 Å². The highest BCUT2D eigenvalue weighted by atomic mass is 16.3. The van der Waals surface area contributed by atoms with Gasteiger partial charge in [0.2, 0.25) is 5.91 Å². The third-order valence-corrected chi connectivity index (χ3v) is 4.29. The largest absolute Gasteiger partial charge is 0.391 e. The number of hydrogen-bond donors (Lipinski definition) is 5. The molecule has 0 aliphatic rings. The molecule has 0 spiro atoms. The van der Waals surface area contributed by atoms with Crippen LogP contribution in [0.15, 0.2) is 30.3 Å². The lowest BCUT2D eigenvalue weighted by molar-refractivity contribution is -0.126. The summed E-state index contributed by atoms with van der Waals surface area (Å²) in [4.78, 5) is 12.4. The van der Waals surface area contributed by atoms with Crippen molar-refractivity contribution in [3.8, 4) is 0 Å². The van der Waals surface area contributed by atoms with Crippen LogP contribution < -0.4 is 16.4 Å². The maximum Gasteiger partial charge on any atom is 0.239 e. The van der Waals surface area contributed by atoms with Crippen LogP contribution in [0.4, 0.5) is 0 Å². The second-order valence-electron chi connectivity index (χ2n) is 7.30. The lowest BCUT2D eigenvalue weighted by Crippen LogP contribution is -2.55. The quantitative estimate of drug-likeness (QED) is 0.377. The Morgan fingerprint density at radius 3 is 2.35 bits per heavy atom. The minimum absolute atomic E-state index is 0.147. The molecule has 0 aliphatic carbocycles. The molecule has 0 fully saturated rings. The van der Waals surface area contributed by atoms with Crippen molar-refractivity contribution in [2.75, 3.05) is 13.1 Å². The molecule has 0 saturated heterocycles. The van der Waals surface area contributed by atoms with Gasteiger partial charge in [-0.15, -0.1) is 0 Å². The fraction of sp³-hybridized carbons (Fsp3) is 0.650. The molecule has 6 N–H and O–H groups in total. The van der Waals surface area contributed by atoms with E-state index in [0.29, 0.717) is 25.3 Å². The normalized spacial score (nSPS) is 16.1. The summed E-state index contributed by atoms with van der Waals surface area (Å²) < 4.78 is 0. The zero-order valence-corrected chi connectivity index (χ0v) is 16.2. The topological polar surface area (TPSA) is 108 Å². The minimum atomic E-state index is -0.815. The number of benzene rings is 1. The second kappa shape index (κ2) is 12.0. The SMILES string of the molecule is CCCC(O)C(NCC(O)C(N)Cc1ccccc1)C(=O)NCC(C)C. The van der Waals surface area contributed by atoms with Gasteiger partial charge in [0.25, 0.3) is 0 Å². The monoisotopic (exact) mass is 365 g/mol. The smallest absolute Gasteiger partial charge is 0.239 e. The Balaban J connectivity index is 2.58. The van der Waals surface area contributed by atoms with Gasteiger partial charge in [-0.05, 0) is 24.3 Å². The van der Waals surface area contributed by atoms with Crippen LogP contribution in [-0.4, -0.2) is 53.5 Å². The first-order chi connectivity index (χ1) is 12.3. The van der Waals surface area contributed by atoms with Gasteiger partial charge in [0.1, 0.15) is 6.04 Å². The molecule has 0 heterocycles. The molecule has 26 heavy (non-hydrogen) atoms. The first-order valence-corrected chi connectivity index (χ1v) is 9.51. The Bertz CT molecular complexity index is 510. The lowest BCUT2D eigenvalue weighted by Gasteiger charge is -2.26. The fourth-order valence-electron chi connectivity index (χ4n) is 2.70.